The highest BCUT2D eigenvalue weighted by atomic mass is 16.5. The van der Waals surface area contributed by atoms with Gasteiger partial charge in [0.25, 0.3) is 0 Å². The van der Waals surface area contributed by atoms with Gasteiger partial charge < -0.3 is 10.1 Å². The molecule has 1 N–H and O–H groups in total. The molecule has 0 aromatic carbocycles. The van der Waals surface area contributed by atoms with Gasteiger partial charge in [0.1, 0.15) is 0 Å². The molecule has 2 heteroatoms. The van der Waals surface area contributed by atoms with Gasteiger partial charge in [-0.05, 0) is 57.5 Å². The van der Waals surface area contributed by atoms with Crippen LogP contribution in [0.1, 0.15) is 60.8 Å². The van der Waals surface area contributed by atoms with E-state index < -0.39 is 0 Å². The van der Waals surface area contributed by atoms with Gasteiger partial charge in [0.2, 0.25) is 0 Å². The van der Waals surface area contributed by atoms with Crippen LogP contribution in [-0.4, -0.2) is 25.8 Å². The summed E-state index contributed by atoms with van der Waals surface area (Å²) in [6.07, 6.45) is 3.58. The zero-order valence-corrected chi connectivity index (χ0v) is 13.0. The van der Waals surface area contributed by atoms with E-state index >= 15 is 0 Å². The third-order valence-electron chi connectivity index (χ3n) is 3.49. The molecule has 0 heterocycles. The van der Waals surface area contributed by atoms with E-state index in [1.807, 2.05) is 0 Å². The minimum Gasteiger partial charge on any atom is -0.379 e. The van der Waals surface area contributed by atoms with E-state index in [4.69, 9.17) is 4.74 Å². The summed E-state index contributed by atoms with van der Waals surface area (Å²) in [4.78, 5) is 0. The van der Waals surface area contributed by atoms with Crippen molar-refractivity contribution in [3.63, 3.8) is 0 Å². The van der Waals surface area contributed by atoms with E-state index in [9.17, 15) is 0 Å². The Morgan fingerprint density at radius 2 is 1.59 bits per heavy atom. The Morgan fingerprint density at radius 1 is 1.00 bits per heavy atom. The average molecular weight is 243 g/mol. The van der Waals surface area contributed by atoms with Crippen LogP contribution in [0.4, 0.5) is 0 Å². The molecule has 0 aliphatic carbocycles. The van der Waals surface area contributed by atoms with Crippen molar-refractivity contribution in [1.82, 2.24) is 5.32 Å². The molecule has 17 heavy (non-hydrogen) atoms. The van der Waals surface area contributed by atoms with Gasteiger partial charge in [0.05, 0.1) is 5.60 Å². The molecule has 0 aliphatic heterocycles. The van der Waals surface area contributed by atoms with Crippen LogP contribution < -0.4 is 5.32 Å². The number of ether oxygens (including phenoxy) is 1. The molecule has 0 aromatic heterocycles. The molecule has 0 spiro atoms. The van der Waals surface area contributed by atoms with Crippen molar-refractivity contribution in [2.45, 2.75) is 66.4 Å². The summed E-state index contributed by atoms with van der Waals surface area (Å²) in [5, 5.41) is 3.52. The number of rotatable bonds is 9. The van der Waals surface area contributed by atoms with Crippen LogP contribution >= 0.6 is 0 Å². The van der Waals surface area contributed by atoms with Crippen LogP contribution in [0.3, 0.4) is 0 Å². The first-order chi connectivity index (χ1) is 7.68. The van der Waals surface area contributed by atoms with Crippen LogP contribution in [0.15, 0.2) is 0 Å². The molecule has 0 bridgehead atoms. The predicted molar refractivity (Wildman–Crippen MR) is 76.4 cm³/mol. The number of nitrogens with one attached hydrogen (secondary N) is 1. The highest BCUT2D eigenvalue weighted by Gasteiger charge is 2.23. The maximum Gasteiger partial charge on any atom is 0.0623 e. The predicted octanol–water partition coefficient (Wildman–Crippen LogP) is 3.85. The lowest BCUT2D eigenvalue weighted by Crippen LogP contribution is -2.28. The van der Waals surface area contributed by atoms with E-state index in [0.717, 1.165) is 25.4 Å². The molecule has 0 aliphatic rings. The minimum atomic E-state index is 0.0165. The third-order valence-corrected chi connectivity index (χ3v) is 3.49. The molecule has 0 saturated heterocycles. The van der Waals surface area contributed by atoms with Crippen molar-refractivity contribution in [3.8, 4) is 0 Å². The SMILES string of the molecule is COC(C)(C)CCC(C)(C)CCNCC(C)C. The van der Waals surface area contributed by atoms with E-state index in [1.54, 1.807) is 7.11 Å². The molecule has 0 saturated carbocycles. The van der Waals surface area contributed by atoms with Crippen molar-refractivity contribution in [3.05, 3.63) is 0 Å². The Balaban J connectivity index is 3.80. The van der Waals surface area contributed by atoms with Gasteiger partial charge in [-0.15, -0.1) is 0 Å². The zero-order chi connectivity index (χ0) is 13.5. The third kappa shape index (κ3) is 9.61. The van der Waals surface area contributed by atoms with Crippen LogP contribution in [-0.2, 0) is 4.74 Å². The number of methoxy groups -OCH3 is 1. The van der Waals surface area contributed by atoms with Gasteiger partial charge in [-0.2, -0.15) is 0 Å². The summed E-state index contributed by atoms with van der Waals surface area (Å²) in [5.41, 5.74) is 0.419. The Hall–Kier alpha value is -0.0800. The van der Waals surface area contributed by atoms with Gasteiger partial charge in [-0.25, -0.2) is 0 Å². The van der Waals surface area contributed by atoms with Crippen molar-refractivity contribution in [2.75, 3.05) is 20.2 Å². The summed E-state index contributed by atoms with van der Waals surface area (Å²) >= 11 is 0. The summed E-state index contributed by atoms with van der Waals surface area (Å²) in [7, 11) is 1.80. The molecule has 0 rings (SSSR count). The second-order valence-electron chi connectivity index (χ2n) is 6.98. The summed E-state index contributed by atoms with van der Waals surface area (Å²) < 4.78 is 5.47. The Bertz CT molecular complexity index is 197. The standard InChI is InChI=1S/C15H33NO/c1-13(2)12-16-11-10-14(3,4)8-9-15(5,6)17-7/h13,16H,8-12H2,1-7H3. The fourth-order valence-corrected chi connectivity index (χ4v) is 1.68. The highest BCUT2D eigenvalue weighted by molar-refractivity contribution is 4.76. The zero-order valence-electron chi connectivity index (χ0n) is 13.0. The quantitative estimate of drug-likeness (QED) is 0.621. The first-order valence-electron chi connectivity index (χ1n) is 6.94. The van der Waals surface area contributed by atoms with Gasteiger partial charge in [-0.1, -0.05) is 27.7 Å². The topological polar surface area (TPSA) is 21.3 Å². The van der Waals surface area contributed by atoms with Crippen molar-refractivity contribution in [2.24, 2.45) is 11.3 Å². The Kier molecular flexibility index (Phi) is 7.34. The van der Waals surface area contributed by atoms with Crippen molar-refractivity contribution in [1.29, 1.82) is 0 Å². The maximum absolute atomic E-state index is 5.47. The lowest BCUT2D eigenvalue weighted by Gasteiger charge is -2.30. The molecule has 2 nitrogen and oxygen atoms in total. The van der Waals surface area contributed by atoms with Crippen molar-refractivity contribution < 1.29 is 4.74 Å². The highest BCUT2D eigenvalue weighted by Crippen LogP contribution is 2.30. The van der Waals surface area contributed by atoms with E-state index in [-0.39, 0.29) is 5.60 Å². The first-order valence-corrected chi connectivity index (χ1v) is 6.94. The van der Waals surface area contributed by atoms with Gasteiger partial charge in [0.15, 0.2) is 0 Å². The average Bonchev–Trinajstić information content (AvgIpc) is 2.22. The van der Waals surface area contributed by atoms with Gasteiger partial charge >= 0.3 is 0 Å². The summed E-state index contributed by atoms with van der Waals surface area (Å²) in [6.45, 7) is 15.8. The molecule has 0 fully saturated rings. The van der Waals surface area contributed by atoms with Crippen LogP contribution in [0.25, 0.3) is 0 Å². The maximum atomic E-state index is 5.47. The molecule has 0 unspecified atom stereocenters. The molecular formula is C15H33NO. The molecule has 0 atom stereocenters. The largest absolute Gasteiger partial charge is 0.379 e. The molecule has 0 radical (unpaired) electrons. The number of hydrogen-bond donors (Lipinski definition) is 1. The second-order valence-corrected chi connectivity index (χ2v) is 6.98. The van der Waals surface area contributed by atoms with Crippen LogP contribution in [0.5, 0.6) is 0 Å². The monoisotopic (exact) mass is 243 g/mol. The Labute approximate surface area is 109 Å². The smallest absolute Gasteiger partial charge is 0.0623 e. The van der Waals surface area contributed by atoms with Crippen molar-refractivity contribution >= 4 is 0 Å². The van der Waals surface area contributed by atoms with Gasteiger partial charge in [-0.3, -0.25) is 0 Å². The van der Waals surface area contributed by atoms with E-state index in [2.05, 4.69) is 46.9 Å². The fourth-order valence-electron chi connectivity index (χ4n) is 1.68. The second kappa shape index (κ2) is 7.38. The molecular weight excluding hydrogens is 210 g/mol. The first kappa shape index (κ1) is 16.9. The molecule has 104 valence electrons. The Morgan fingerprint density at radius 3 is 2.06 bits per heavy atom. The van der Waals surface area contributed by atoms with Crippen LogP contribution in [0, 0.1) is 11.3 Å². The minimum absolute atomic E-state index is 0.0165. The summed E-state index contributed by atoms with van der Waals surface area (Å²) in [5.74, 6) is 0.741. The van der Waals surface area contributed by atoms with E-state index in [1.165, 1.54) is 12.8 Å². The van der Waals surface area contributed by atoms with Crippen LogP contribution in [0.2, 0.25) is 0 Å². The summed E-state index contributed by atoms with van der Waals surface area (Å²) in [6, 6.07) is 0. The molecule has 0 aromatic rings. The lowest BCUT2D eigenvalue weighted by atomic mass is 9.81. The van der Waals surface area contributed by atoms with Gasteiger partial charge in [0, 0.05) is 7.11 Å². The fraction of sp³-hybridized carbons (Fsp3) is 1.00. The lowest BCUT2D eigenvalue weighted by molar-refractivity contribution is 0.00531. The molecule has 0 amide bonds. The number of hydrogen-bond acceptors (Lipinski definition) is 2. The normalized spacial score (nSPS) is 13.4. The van der Waals surface area contributed by atoms with E-state index in [0.29, 0.717) is 5.41 Å².